The number of nitrogens with one attached hydrogen (secondary N) is 1. The van der Waals surface area contributed by atoms with Crippen molar-refractivity contribution in [3.05, 3.63) is 22.5 Å². The first-order chi connectivity index (χ1) is 9.84. The highest BCUT2D eigenvalue weighted by atomic mass is 32.1. The second-order valence-electron chi connectivity index (χ2n) is 4.71. The number of halogens is 3. The van der Waals surface area contributed by atoms with Crippen LogP contribution in [0.2, 0.25) is 0 Å². The maximum absolute atomic E-state index is 12.5. The number of aromatic nitrogens is 4. The summed E-state index contributed by atoms with van der Waals surface area (Å²) >= 11 is 1.24. The van der Waals surface area contributed by atoms with Gasteiger partial charge in [0.1, 0.15) is 10.7 Å². The highest BCUT2D eigenvalue weighted by Crippen LogP contribution is 2.42. The van der Waals surface area contributed by atoms with Crippen LogP contribution in [-0.4, -0.2) is 25.9 Å². The maximum Gasteiger partial charge on any atom is 0.435 e. The summed E-state index contributed by atoms with van der Waals surface area (Å²) in [7, 11) is 1.28. The molecular formula is C11H10F3N5OS. The molecule has 0 aliphatic heterocycles. The molecule has 21 heavy (non-hydrogen) atoms. The molecule has 10 heteroatoms. The molecule has 1 amide bonds. The van der Waals surface area contributed by atoms with E-state index >= 15 is 0 Å². The van der Waals surface area contributed by atoms with Gasteiger partial charge in [-0.2, -0.15) is 18.3 Å². The van der Waals surface area contributed by atoms with Crippen LogP contribution < -0.4 is 5.32 Å². The number of carbonyl (C=O) groups excluding carboxylic acids is 1. The van der Waals surface area contributed by atoms with Crippen molar-refractivity contribution in [2.75, 3.05) is 5.32 Å². The van der Waals surface area contributed by atoms with Crippen LogP contribution >= 0.6 is 11.3 Å². The van der Waals surface area contributed by atoms with Crippen molar-refractivity contribution < 1.29 is 18.0 Å². The summed E-state index contributed by atoms with van der Waals surface area (Å²) in [4.78, 5) is 12.0. The number of hydrogen-bond acceptors (Lipinski definition) is 5. The van der Waals surface area contributed by atoms with Crippen LogP contribution in [0.4, 0.5) is 18.3 Å². The Bertz CT molecular complexity index is 688. The molecule has 0 atom stereocenters. The van der Waals surface area contributed by atoms with Crippen molar-refractivity contribution in [3.8, 4) is 0 Å². The normalized spacial score (nSPS) is 15.2. The number of nitrogens with zero attached hydrogens (tertiary/aromatic N) is 4. The molecule has 0 spiro atoms. The SMILES string of the molecule is Cn1nc(C(F)(F)F)cc1C(=O)Nc1nnc(C2CC2)s1. The molecule has 6 nitrogen and oxygen atoms in total. The standard InChI is InChI=1S/C11H10F3N5OS/c1-19-6(4-7(18-19)11(12,13)14)8(20)15-10-17-16-9(21-10)5-2-3-5/h4-5H,2-3H2,1H3,(H,15,17,20). The fourth-order valence-corrected chi connectivity index (χ4v) is 2.67. The Balaban J connectivity index is 1.76. The molecule has 112 valence electrons. The van der Waals surface area contributed by atoms with Crippen molar-refractivity contribution in [1.29, 1.82) is 0 Å². The minimum Gasteiger partial charge on any atom is -0.295 e. The predicted molar refractivity (Wildman–Crippen MR) is 68.0 cm³/mol. The number of aryl methyl sites for hydroxylation is 1. The molecule has 2 aromatic rings. The fraction of sp³-hybridized carbons (Fsp3) is 0.455. The molecule has 3 rings (SSSR count). The molecule has 0 saturated heterocycles. The third kappa shape index (κ3) is 2.89. The molecule has 1 aliphatic rings. The molecule has 1 saturated carbocycles. The zero-order valence-electron chi connectivity index (χ0n) is 10.8. The van der Waals surface area contributed by atoms with Crippen LogP contribution in [-0.2, 0) is 13.2 Å². The smallest absolute Gasteiger partial charge is 0.295 e. The van der Waals surface area contributed by atoms with E-state index in [4.69, 9.17) is 0 Å². The Morgan fingerprint density at radius 1 is 1.43 bits per heavy atom. The van der Waals surface area contributed by atoms with Gasteiger partial charge in [0.05, 0.1) is 0 Å². The predicted octanol–water partition coefficient (Wildman–Crippen LogP) is 2.42. The first-order valence-corrected chi connectivity index (χ1v) is 6.92. The first-order valence-electron chi connectivity index (χ1n) is 6.10. The van der Waals surface area contributed by atoms with E-state index in [9.17, 15) is 18.0 Å². The summed E-state index contributed by atoms with van der Waals surface area (Å²) in [5.41, 5.74) is -1.29. The van der Waals surface area contributed by atoms with Gasteiger partial charge in [-0.15, -0.1) is 10.2 Å². The molecule has 0 aromatic carbocycles. The maximum atomic E-state index is 12.5. The van der Waals surface area contributed by atoms with E-state index in [1.807, 2.05) is 0 Å². The Kier molecular flexibility index (Phi) is 3.19. The van der Waals surface area contributed by atoms with Crippen LogP contribution in [0, 0.1) is 0 Å². The van der Waals surface area contributed by atoms with E-state index in [-0.39, 0.29) is 10.8 Å². The first kappa shape index (κ1) is 14.0. The molecule has 1 N–H and O–H groups in total. The highest BCUT2D eigenvalue weighted by molar-refractivity contribution is 7.15. The van der Waals surface area contributed by atoms with Gasteiger partial charge in [0.25, 0.3) is 5.91 Å². The summed E-state index contributed by atoms with van der Waals surface area (Å²) in [6.45, 7) is 0. The summed E-state index contributed by atoms with van der Waals surface area (Å²) in [6, 6.07) is 0.707. The van der Waals surface area contributed by atoms with E-state index in [0.717, 1.165) is 22.5 Å². The van der Waals surface area contributed by atoms with Crippen molar-refractivity contribution in [2.45, 2.75) is 24.9 Å². The van der Waals surface area contributed by atoms with Crippen LogP contribution in [0.15, 0.2) is 6.07 Å². The Hall–Kier alpha value is -1.97. The molecule has 1 fully saturated rings. The number of amides is 1. The van der Waals surface area contributed by atoms with Gasteiger partial charge in [-0.1, -0.05) is 11.3 Å². The van der Waals surface area contributed by atoms with Gasteiger partial charge in [-0.3, -0.25) is 14.8 Å². The van der Waals surface area contributed by atoms with Crippen LogP contribution in [0.1, 0.15) is 39.9 Å². The Labute approximate surface area is 121 Å². The topological polar surface area (TPSA) is 72.7 Å². The van der Waals surface area contributed by atoms with Crippen molar-refractivity contribution in [1.82, 2.24) is 20.0 Å². The largest absolute Gasteiger partial charge is 0.435 e. The van der Waals surface area contributed by atoms with Gasteiger partial charge in [0.15, 0.2) is 5.69 Å². The third-order valence-electron chi connectivity index (χ3n) is 2.99. The average molecular weight is 317 g/mol. The number of anilines is 1. The van der Waals surface area contributed by atoms with Gasteiger partial charge in [0, 0.05) is 19.0 Å². The van der Waals surface area contributed by atoms with Gasteiger partial charge in [0.2, 0.25) is 5.13 Å². The lowest BCUT2D eigenvalue weighted by Gasteiger charge is -2.00. The summed E-state index contributed by atoms with van der Waals surface area (Å²) in [5, 5.41) is 14.6. The van der Waals surface area contributed by atoms with E-state index in [2.05, 4.69) is 20.6 Å². The van der Waals surface area contributed by atoms with Crippen molar-refractivity contribution in [2.24, 2.45) is 7.05 Å². The lowest BCUT2D eigenvalue weighted by atomic mass is 10.3. The van der Waals surface area contributed by atoms with Gasteiger partial charge < -0.3 is 0 Å². The highest BCUT2D eigenvalue weighted by Gasteiger charge is 2.35. The molecule has 1 aliphatic carbocycles. The Morgan fingerprint density at radius 2 is 2.14 bits per heavy atom. The lowest BCUT2D eigenvalue weighted by molar-refractivity contribution is -0.141. The fourth-order valence-electron chi connectivity index (χ4n) is 1.76. The van der Waals surface area contributed by atoms with Gasteiger partial charge in [-0.05, 0) is 12.8 Å². The van der Waals surface area contributed by atoms with Crippen LogP contribution in [0.5, 0.6) is 0 Å². The molecule has 0 bridgehead atoms. The van der Waals surface area contributed by atoms with E-state index in [1.54, 1.807) is 0 Å². The minimum atomic E-state index is -4.59. The third-order valence-corrected chi connectivity index (χ3v) is 3.99. The lowest BCUT2D eigenvalue weighted by Crippen LogP contribution is -2.15. The molecule has 0 radical (unpaired) electrons. The van der Waals surface area contributed by atoms with E-state index < -0.39 is 17.8 Å². The summed E-state index contributed by atoms with van der Waals surface area (Å²) < 4.78 is 38.5. The Morgan fingerprint density at radius 3 is 2.71 bits per heavy atom. The van der Waals surface area contributed by atoms with Gasteiger partial charge >= 0.3 is 6.18 Å². The average Bonchev–Trinajstić information content (AvgIpc) is 3.00. The molecule has 2 aromatic heterocycles. The number of hydrogen-bond donors (Lipinski definition) is 1. The summed E-state index contributed by atoms with van der Waals surface area (Å²) in [5.74, 6) is -0.291. The van der Waals surface area contributed by atoms with E-state index in [0.29, 0.717) is 12.0 Å². The summed E-state index contributed by atoms with van der Waals surface area (Å²) in [6.07, 6.45) is -2.48. The number of rotatable bonds is 3. The van der Waals surface area contributed by atoms with Crippen molar-refractivity contribution >= 4 is 22.4 Å². The second-order valence-corrected chi connectivity index (χ2v) is 5.72. The molecular weight excluding hydrogens is 307 g/mol. The van der Waals surface area contributed by atoms with E-state index in [1.165, 1.54) is 18.4 Å². The second kappa shape index (κ2) is 4.79. The number of carbonyl (C=O) groups is 1. The van der Waals surface area contributed by atoms with Crippen LogP contribution in [0.25, 0.3) is 0 Å². The van der Waals surface area contributed by atoms with Crippen molar-refractivity contribution in [3.63, 3.8) is 0 Å². The zero-order valence-corrected chi connectivity index (χ0v) is 11.6. The molecule has 2 heterocycles. The zero-order chi connectivity index (χ0) is 15.2. The quantitative estimate of drug-likeness (QED) is 0.943. The van der Waals surface area contributed by atoms with Crippen LogP contribution in [0.3, 0.4) is 0 Å². The minimum absolute atomic E-state index is 0.189. The molecule has 0 unspecified atom stereocenters. The monoisotopic (exact) mass is 317 g/mol. The van der Waals surface area contributed by atoms with Gasteiger partial charge in [-0.25, -0.2) is 0 Å². The number of alkyl halides is 3.